The van der Waals surface area contributed by atoms with E-state index in [-0.39, 0.29) is 31.8 Å². The quantitative estimate of drug-likeness (QED) is 0.675. The first-order valence-corrected chi connectivity index (χ1v) is 11.8. The van der Waals surface area contributed by atoms with Crippen LogP contribution in [-0.4, -0.2) is 38.3 Å². The van der Waals surface area contributed by atoms with Crippen LogP contribution < -0.4 is 10.1 Å². The van der Waals surface area contributed by atoms with Gasteiger partial charge in [-0.05, 0) is 43.0 Å². The fourth-order valence-electron chi connectivity index (χ4n) is 3.12. The Labute approximate surface area is 182 Å². The predicted octanol–water partition coefficient (Wildman–Crippen LogP) is 4.06. The molecule has 0 radical (unpaired) electrons. The third kappa shape index (κ3) is 4.86. The summed E-state index contributed by atoms with van der Waals surface area (Å²) in [4.78, 5) is 12.6. The largest absolute Gasteiger partial charge is 0.494 e. The van der Waals surface area contributed by atoms with E-state index in [9.17, 15) is 17.6 Å². The van der Waals surface area contributed by atoms with Gasteiger partial charge in [-0.2, -0.15) is 4.31 Å². The number of carbonyl (C=O) groups is 1. The van der Waals surface area contributed by atoms with Crippen molar-refractivity contribution in [2.45, 2.75) is 36.1 Å². The number of thiophene rings is 1. The number of methoxy groups -OCH3 is 1. The zero-order chi connectivity index (χ0) is 21.2. The zero-order valence-corrected chi connectivity index (χ0v) is 18.6. The van der Waals surface area contributed by atoms with E-state index >= 15 is 0 Å². The zero-order valence-electron chi connectivity index (χ0n) is 15.5. The van der Waals surface area contributed by atoms with Crippen molar-refractivity contribution in [2.24, 2.45) is 0 Å². The average Bonchev–Trinajstić information content (AvgIpc) is 2.88. The number of rotatable bonds is 6. The molecule has 0 aliphatic carbocycles. The smallest absolute Gasteiger partial charge is 0.253 e. The number of ether oxygens (including phenoxy) is 1. The molecule has 11 heteroatoms. The van der Waals surface area contributed by atoms with Crippen molar-refractivity contribution in [2.75, 3.05) is 13.7 Å². The van der Waals surface area contributed by atoms with Gasteiger partial charge in [-0.3, -0.25) is 4.79 Å². The Balaban J connectivity index is 2.03. The van der Waals surface area contributed by atoms with Crippen molar-refractivity contribution in [1.29, 1.82) is 0 Å². The third-order valence-electron chi connectivity index (χ3n) is 4.59. The van der Waals surface area contributed by atoms with Crippen LogP contribution in [0.1, 0.15) is 24.8 Å². The van der Waals surface area contributed by atoms with Crippen molar-refractivity contribution >= 4 is 50.5 Å². The van der Waals surface area contributed by atoms with E-state index in [0.29, 0.717) is 24.9 Å². The molecule has 2 heterocycles. The second-order valence-corrected chi connectivity index (χ2v) is 10.7. The lowest BCUT2D eigenvalue weighted by Crippen LogP contribution is -2.48. The first kappa shape index (κ1) is 22.3. The molecule has 1 aliphatic rings. The first-order valence-electron chi connectivity index (χ1n) is 8.81. The Morgan fingerprint density at radius 1 is 1.31 bits per heavy atom. The number of hydrogen-bond donors (Lipinski definition) is 1. The molecule has 1 aromatic carbocycles. The van der Waals surface area contributed by atoms with Crippen molar-refractivity contribution in [3.05, 3.63) is 45.0 Å². The molecule has 6 nitrogen and oxygen atoms in total. The fraction of sp³-hybridized carbons (Fsp3) is 0.389. The Bertz CT molecular complexity index is 994. The van der Waals surface area contributed by atoms with Crippen LogP contribution in [0.4, 0.5) is 4.39 Å². The molecule has 0 spiro atoms. The predicted molar refractivity (Wildman–Crippen MR) is 111 cm³/mol. The number of benzene rings is 1. The topological polar surface area (TPSA) is 75.7 Å². The summed E-state index contributed by atoms with van der Waals surface area (Å²) >= 11 is 12.7. The lowest BCUT2D eigenvalue weighted by molar-refractivity contribution is -0.124. The van der Waals surface area contributed by atoms with E-state index in [1.807, 2.05) is 0 Å². The van der Waals surface area contributed by atoms with Gasteiger partial charge in [0.15, 0.2) is 11.6 Å². The first-order chi connectivity index (χ1) is 13.7. The van der Waals surface area contributed by atoms with Gasteiger partial charge >= 0.3 is 0 Å². The lowest BCUT2D eigenvalue weighted by atomic mass is 10.1. The van der Waals surface area contributed by atoms with Gasteiger partial charge in [0.05, 0.1) is 12.1 Å². The molecule has 1 aliphatic heterocycles. The van der Waals surface area contributed by atoms with E-state index < -0.39 is 21.9 Å². The number of hydrogen-bond acceptors (Lipinski definition) is 5. The standard InChI is InChI=1S/C18H19Cl2FN2O4S2/c1-27-15-6-5-11(8-13(15)21)10-23(14-4-2-3-7-22-18(14)24)29(25,26)16-9-12(19)17(20)28-16/h5-6,8-9,14H,2-4,7,10H2,1H3,(H,22,24). The highest BCUT2D eigenvalue weighted by Crippen LogP contribution is 2.37. The number of nitrogens with one attached hydrogen (secondary N) is 1. The Hall–Kier alpha value is -1.39. The maximum atomic E-state index is 14.2. The molecule has 1 fully saturated rings. The van der Waals surface area contributed by atoms with Crippen LogP contribution in [-0.2, 0) is 21.4 Å². The highest BCUT2D eigenvalue weighted by atomic mass is 35.5. The lowest BCUT2D eigenvalue weighted by Gasteiger charge is -2.28. The van der Waals surface area contributed by atoms with Gasteiger partial charge in [0.1, 0.15) is 14.6 Å². The van der Waals surface area contributed by atoms with Crippen LogP contribution in [0.25, 0.3) is 0 Å². The van der Waals surface area contributed by atoms with Crippen LogP contribution >= 0.6 is 34.5 Å². The van der Waals surface area contributed by atoms with E-state index in [1.54, 1.807) is 6.07 Å². The summed E-state index contributed by atoms with van der Waals surface area (Å²) in [5, 5.41) is 2.86. The summed E-state index contributed by atoms with van der Waals surface area (Å²) in [6.45, 7) is 0.297. The normalized spacial score (nSPS) is 17.8. The van der Waals surface area contributed by atoms with Crippen LogP contribution in [0.2, 0.25) is 9.36 Å². The summed E-state index contributed by atoms with van der Waals surface area (Å²) in [7, 11) is -2.77. The minimum absolute atomic E-state index is 0.0483. The fourth-order valence-corrected chi connectivity index (χ4v) is 6.74. The Morgan fingerprint density at radius 3 is 2.69 bits per heavy atom. The molecule has 0 saturated carbocycles. The molecule has 1 unspecified atom stereocenters. The molecule has 1 atom stereocenters. The van der Waals surface area contributed by atoms with Gasteiger partial charge in [0, 0.05) is 13.1 Å². The van der Waals surface area contributed by atoms with Gasteiger partial charge in [0.2, 0.25) is 5.91 Å². The number of nitrogens with zero attached hydrogens (tertiary/aromatic N) is 1. The molecular formula is C18H19Cl2FN2O4S2. The minimum atomic E-state index is -4.11. The van der Waals surface area contributed by atoms with Crippen LogP contribution in [0.5, 0.6) is 5.75 Å². The second-order valence-electron chi connectivity index (χ2n) is 6.51. The van der Waals surface area contributed by atoms with Crippen molar-refractivity contribution in [3.8, 4) is 5.75 Å². The summed E-state index contributed by atoms with van der Waals surface area (Å²) in [6.07, 6.45) is 1.79. The molecular weight excluding hydrogens is 462 g/mol. The van der Waals surface area contributed by atoms with Gasteiger partial charge < -0.3 is 10.1 Å². The molecule has 1 saturated heterocycles. The van der Waals surface area contributed by atoms with Gasteiger partial charge in [-0.25, -0.2) is 12.8 Å². The molecule has 1 aromatic heterocycles. The molecule has 3 rings (SSSR count). The van der Waals surface area contributed by atoms with E-state index in [1.165, 1.54) is 25.3 Å². The summed E-state index contributed by atoms with van der Waals surface area (Å²) in [6, 6.07) is 4.52. The minimum Gasteiger partial charge on any atom is -0.494 e. The molecule has 1 N–H and O–H groups in total. The Kier molecular flexibility index (Phi) is 7.06. The number of carbonyl (C=O) groups excluding carboxylic acids is 1. The summed E-state index contributed by atoms with van der Waals surface area (Å²) < 4.78 is 47.0. The molecule has 0 bridgehead atoms. The Morgan fingerprint density at radius 2 is 2.07 bits per heavy atom. The highest BCUT2D eigenvalue weighted by Gasteiger charge is 2.37. The molecule has 2 aromatic rings. The average molecular weight is 481 g/mol. The molecule has 1 amide bonds. The monoisotopic (exact) mass is 480 g/mol. The summed E-state index contributed by atoms with van der Waals surface area (Å²) in [5.41, 5.74) is 0.387. The maximum Gasteiger partial charge on any atom is 0.253 e. The number of sulfonamides is 1. The third-order valence-corrected chi connectivity index (χ3v) is 8.76. The van der Waals surface area contributed by atoms with Crippen LogP contribution in [0.15, 0.2) is 28.5 Å². The van der Waals surface area contributed by atoms with Gasteiger partial charge in [-0.15, -0.1) is 11.3 Å². The van der Waals surface area contributed by atoms with Crippen molar-refractivity contribution in [3.63, 3.8) is 0 Å². The van der Waals surface area contributed by atoms with Gasteiger partial charge in [0.25, 0.3) is 10.0 Å². The van der Waals surface area contributed by atoms with Crippen molar-refractivity contribution < 1.29 is 22.3 Å². The number of halogens is 3. The number of amides is 1. The second kappa shape index (κ2) is 9.18. The SMILES string of the molecule is COc1ccc(CN(C2CCCCNC2=O)S(=O)(=O)c2cc(Cl)c(Cl)s2)cc1F. The molecule has 29 heavy (non-hydrogen) atoms. The maximum absolute atomic E-state index is 14.2. The van der Waals surface area contributed by atoms with Gasteiger partial charge in [-0.1, -0.05) is 29.3 Å². The summed E-state index contributed by atoms with van der Waals surface area (Å²) in [5.74, 6) is -0.948. The molecule has 158 valence electrons. The van der Waals surface area contributed by atoms with Crippen LogP contribution in [0, 0.1) is 5.82 Å². The van der Waals surface area contributed by atoms with E-state index in [4.69, 9.17) is 27.9 Å². The van der Waals surface area contributed by atoms with E-state index in [0.717, 1.165) is 22.1 Å². The van der Waals surface area contributed by atoms with Crippen molar-refractivity contribution in [1.82, 2.24) is 9.62 Å². The van der Waals surface area contributed by atoms with E-state index in [2.05, 4.69) is 5.32 Å². The van der Waals surface area contributed by atoms with Crippen LogP contribution in [0.3, 0.4) is 0 Å². The highest BCUT2D eigenvalue weighted by molar-refractivity contribution is 7.91.